The number of carbonyl (C=O) groups excluding carboxylic acids is 1. The van der Waals surface area contributed by atoms with Crippen LogP contribution in [0.4, 0.5) is 0 Å². The number of rotatable bonds is 2. The van der Waals surface area contributed by atoms with Crippen molar-refractivity contribution in [2.75, 3.05) is 6.54 Å². The molecule has 2 N–H and O–H groups in total. The van der Waals surface area contributed by atoms with Crippen LogP contribution in [-0.2, 0) is 4.79 Å². The Bertz CT molecular complexity index is 330. The van der Waals surface area contributed by atoms with Crippen molar-refractivity contribution in [3.8, 4) is 5.75 Å². The van der Waals surface area contributed by atoms with E-state index in [9.17, 15) is 4.79 Å². The average molecular weight is 265 g/mol. The second-order valence-corrected chi connectivity index (χ2v) is 3.54. The molecule has 0 fully saturated rings. The number of nitrogens with two attached hydrogens (primary N) is 1. The van der Waals surface area contributed by atoms with Gasteiger partial charge in [-0.3, -0.25) is 4.79 Å². The van der Waals surface area contributed by atoms with E-state index in [1.165, 1.54) is 0 Å². The first-order chi connectivity index (χ1) is 6.13. The minimum atomic E-state index is -0.497. The van der Waals surface area contributed by atoms with Crippen molar-refractivity contribution in [3.05, 3.63) is 27.7 Å². The lowest BCUT2D eigenvalue weighted by molar-refractivity contribution is -0.132. The summed E-state index contributed by atoms with van der Waals surface area (Å²) >= 11 is 8.91. The second-order valence-electron chi connectivity index (χ2n) is 2.25. The Morgan fingerprint density at radius 2 is 2.31 bits per heavy atom. The molecule has 13 heavy (non-hydrogen) atoms. The van der Waals surface area contributed by atoms with Crippen molar-refractivity contribution < 1.29 is 9.53 Å². The van der Waals surface area contributed by atoms with Crippen LogP contribution in [0.15, 0.2) is 22.7 Å². The van der Waals surface area contributed by atoms with Gasteiger partial charge in [-0.25, -0.2) is 0 Å². The zero-order valence-corrected chi connectivity index (χ0v) is 8.93. The third-order valence-electron chi connectivity index (χ3n) is 1.28. The van der Waals surface area contributed by atoms with Crippen molar-refractivity contribution in [2.45, 2.75) is 0 Å². The van der Waals surface area contributed by atoms with E-state index in [-0.39, 0.29) is 6.54 Å². The number of benzene rings is 1. The van der Waals surface area contributed by atoms with Gasteiger partial charge in [-0.2, -0.15) is 0 Å². The summed E-state index contributed by atoms with van der Waals surface area (Å²) in [7, 11) is 0. The fourth-order valence-electron chi connectivity index (χ4n) is 0.720. The predicted octanol–water partition coefficient (Wildman–Crippen LogP) is 1.97. The Kier molecular flexibility index (Phi) is 3.71. The molecule has 0 heterocycles. The van der Waals surface area contributed by atoms with Gasteiger partial charge in [0.2, 0.25) is 0 Å². The van der Waals surface area contributed by atoms with Gasteiger partial charge in [0.25, 0.3) is 0 Å². The lowest BCUT2D eigenvalue weighted by atomic mass is 10.3. The fourth-order valence-corrected chi connectivity index (χ4v) is 1.21. The molecule has 1 aromatic rings. The summed E-state index contributed by atoms with van der Waals surface area (Å²) in [6, 6.07) is 4.92. The minimum Gasteiger partial charge on any atom is -0.424 e. The third kappa shape index (κ3) is 2.99. The molecule has 0 amide bonds. The van der Waals surface area contributed by atoms with Crippen LogP contribution >= 0.6 is 27.5 Å². The van der Waals surface area contributed by atoms with Gasteiger partial charge in [0, 0.05) is 11.1 Å². The molecule has 0 spiro atoms. The number of ether oxygens (including phenoxy) is 1. The quantitative estimate of drug-likeness (QED) is 0.656. The van der Waals surface area contributed by atoms with E-state index >= 15 is 0 Å². The molecule has 0 saturated heterocycles. The van der Waals surface area contributed by atoms with E-state index in [2.05, 4.69) is 15.9 Å². The zero-order chi connectivity index (χ0) is 9.84. The number of hydrogen-bond donors (Lipinski definition) is 1. The maximum atomic E-state index is 10.8. The summed E-state index contributed by atoms with van der Waals surface area (Å²) in [4.78, 5) is 10.8. The topological polar surface area (TPSA) is 52.3 Å². The maximum absolute atomic E-state index is 10.8. The van der Waals surface area contributed by atoms with Crippen LogP contribution in [-0.4, -0.2) is 12.5 Å². The Morgan fingerprint density at radius 1 is 1.62 bits per heavy atom. The highest BCUT2D eigenvalue weighted by molar-refractivity contribution is 9.10. The summed E-state index contributed by atoms with van der Waals surface area (Å²) in [5.41, 5.74) is 5.09. The molecule has 1 rings (SSSR count). The Balaban J connectivity index is 2.87. The average Bonchev–Trinajstić information content (AvgIpc) is 2.11. The number of hydrogen-bond acceptors (Lipinski definition) is 3. The first kappa shape index (κ1) is 10.5. The smallest absolute Gasteiger partial charge is 0.325 e. The van der Waals surface area contributed by atoms with Crippen LogP contribution in [0, 0.1) is 0 Å². The highest BCUT2D eigenvalue weighted by Crippen LogP contribution is 2.27. The van der Waals surface area contributed by atoms with Crippen LogP contribution in [0.5, 0.6) is 5.75 Å². The van der Waals surface area contributed by atoms with Crippen molar-refractivity contribution in [3.63, 3.8) is 0 Å². The third-order valence-corrected chi connectivity index (χ3v) is 2.17. The van der Waals surface area contributed by atoms with E-state index in [1.807, 2.05) is 0 Å². The van der Waals surface area contributed by atoms with E-state index in [1.54, 1.807) is 18.2 Å². The SMILES string of the molecule is NCC(=O)Oc1cc(Cl)ccc1Br. The summed E-state index contributed by atoms with van der Waals surface area (Å²) < 4.78 is 5.55. The first-order valence-electron chi connectivity index (χ1n) is 3.49. The summed E-state index contributed by atoms with van der Waals surface area (Å²) in [5.74, 6) is -0.120. The van der Waals surface area contributed by atoms with Crippen molar-refractivity contribution in [1.29, 1.82) is 0 Å². The lowest BCUT2D eigenvalue weighted by Gasteiger charge is -2.04. The maximum Gasteiger partial charge on any atom is 0.325 e. The molecule has 5 heteroatoms. The zero-order valence-electron chi connectivity index (χ0n) is 6.59. The normalized spacial score (nSPS) is 9.77. The minimum absolute atomic E-state index is 0.154. The molecule has 3 nitrogen and oxygen atoms in total. The molecule has 1 aromatic carbocycles. The molecular weight excluding hydrogens is 257 g/mol. The summed E-state index contributed by atoms with van der Waals surface area (Å²) in [6.07, 6.45) is 0. The molecular formula is C8H7BrClNO2. The van der Waals surface area contributed by atoms with Crippen LogP contribution in [0.25, 0.3) is 0 Å². The molecule has 0 aliphatic rings. The first-order valence-corrected chi connectivity index (χ1v) is 4.66. The largest absolute Gasteiger partial charge is 0.424 e. The van der Waals surface area contributed by atoms with E-state index in [4.69, 9.17) is 22.1 Å². The van der Waals surface area contributed by atoms with Crippen LogP contribution in [0.3, 0.4) is 0 Å². The van der Waals surface area contributed by atoms with Crippen LogP contribution in [0.1, 0.15) is 0 Å². The summed E-state index contributed by atoms with van der Waals surface area (Å²) in [5, 5.41) is 0.503. The van der Waals surface area contributed by atoms with Crippen LogP contribution < -0.4 is 10.5 Å². The Hall–Kier alpha value is -0.580. The fraction of sp³-hybridized carbons (Fsp3) is 0.125. The molecule has 70 valence electrons. The highest BCUT2D eigenvalue weighted by atomic mass is 79.9. The number of carbonyl (C=O) groups is 1. The predicted molar refractivity (Wildman–Crippen MR) is 53.8 cm³/mol. The Labute approximate surface area is 88.9 Å². The van der Waals surface area contributed by atoms with Gasteiger partial charge in [-0.05, 0) is 28.1 Å². The summed E-state index contributed by atoms with van der Waals surface area (Å²) in [6.45, 7) is -0.154. The molecule has 0 aliphatic carbocycles. The number of halogens is 2. The standard InChI is InChI=1S/C8H7BrClNO2/c9-6-2-1-5(10)3-7(6)13-8(12)4-11/h1-3H,4,11H2. The number of esters is 1. The van der Waals surface area contributed by atoms with Gasteiger partial charge in [0.15, 0.2) is 0 Å². The molecule has 0 unspecified atom stereocenters. The van der Waals surface area contributed by atoms with Gasteiger partial charge >= 0.3 is 5.97 Å². The van der Waals surface area contributed by atoms with Gasteiger partial charge in [0.05, 0.1) is 11.0 Å². The van der Waals surface area contributed by atoms with Crippen molar-refractivity contribution in [1.82, 2.24) is 0 Å². The van der Waals surface area contributed by atoms with Gasteiger partial charge in [0.1, 0.15) is 5.75 Å². The lowest BCUT2D eigenvalue weighted by Crippen LogP contribution is -2.19. The van der Waals surface area contributed by atoms with Crippen molar-refractivity contribution in [2.24, 2.45) is 5.73 Å². The van der Waals surface area contributed by atoms with Gasteiger partial charge in [-0.15, -0.1) is 0 Å². The van der Waals surface area contributed by atoms with Crippen LogP contribution in [0.2, 0.25) is 5.02 Å². The molecule has 0 saturated carbocycles. The molecule has 0 bridgehead atoms. The molecule has 0 radical (unpaired) electrons. The van der Waals surface area contributed by atoms with Gasteiger partial charge in [-0.1, -0.05) is 11.6 Å². The molecule has 0 aliphatic heterocycles. The highest BCUT2D eigenvalue weighted by Gasteiger charge is 2.06. The second kappa shape index (κ2) is 4.60. The van der Waals surface area contributed by atoms with E-state index in [0.29, 0.717) is 15.2 Å². The molecule has 0 aromatic heterocycles. The molecule has 0 atom stereocenters. The monoisotopic (exact) mass is 263 g/mol. The van der Waals surface area contributed by atoms with E-state index < -0.39 is 5.97 Å². The van der Waals surface area contributed by atoms with Crippen molar-refractivity contribution >= 4 is 33.5 Å². The Morgan fingerprint density at radius 3 is 2.92 bits per heavy atom. The van der Waals surface area contributed by atoms with E-state index in [0.717, 1.165) is 0 Å². The van der Waals surface area contributed by atoms with Gasteiger partial charge < -0.3 is 10.5 Å².